The third-order valence-corrected chi connectivity index (χ3v) is 4.82. The van der Waals surface area contributed by atoms with Gasteiger partial charge in [-0.1, -0.05) is 35.3 Å². The molecule has 3 nitrogen and oxygen atoms in total. The van der Waals surface area contributed by atoms with Gasteiger partial charge in [0.25, 0.3) is 0 Å². The van der Waals surface area contributed by atoms with E-state index >= 15 is 0 Å². The van der Waals surface area contributed by atoms with Gasteiger partial charge in [-0.05, 0) is 36.8 Å². The number of hydrogen-bond donors (Lipinski definition) is 1. The molecule has 0 aliphatic carbocycles. The number of halogens is 3. The van der Waals surface area contributed by atoms with Crippen LogP contribution in [0.1, 0.15) is 22.8 Å². The van der Waals surface area contributed by atoms with Crippen LogP contribution in [-0.4, -0.2) is 17.4 Å². The number of rotatable bonds is 6. The molecule has 7 heteroatoms. The summed E-state index contributed by atoms with van der Waals surface area (Å²) in [7, 11) is 0. The van der Waals surface area contributed by atoms with E-state index in [2.05, 4.69) is 5.32 Å². The van der Waals surface area contributed by atoms with E-state index in [9.17, 15) is 14.0 Å². The van der Waals surface area contributed by atoms with Gasteiger partial charge in [0.05, 0.1) is 5.75 Å². The highest BCUT2D eigenvalue weighted by molar-refractivity contribution is 8.00. The van der Waals surface area contributed by atoms with Gasteiger partial charge in [0.15, 0.2) is 5.78 Å². The molecule has 2 aromatic carbocycles. The van der Waals surface area contributed by atoms with E-state index in [1.54, 1.807) is 24.3 Å². The Kier molecular flexibility index (Phi) is 6.66. The number of carbonyl (C=O) groups is 2. The fourth-order valence-corrected chi connectivity index (χ4v) is 3.12. The molecule has 1 N–H and O–H groups in total. The smallest absolute Gasteiger partial charge is 0.230 e. The Morgan fingerprint density at radius 2 is 1.92 bits per heavy atom. The molecular formula is C17H14Cl2FNO2S. The average molecular weight is 386 g/mol. The summed E-state index contributed by atoms with van der Waals surface area (Å²) in [5.41, 5.74) is 1.05. The van der Waals surface area contributed by atoms with Crippen molar-refractivity contribution < 1.29 is 14.0 Å². The second-order valence-electron chi connectivity index (χ2n) is 5.00. The third kappa shape index (κ3) is 5.23. The topological polar surface area (TPSA) is 46.2 Å². The molecule has 1 amide bonds. The number of thioether (sulfide) groups is 1. The van der Waals surface area contributed by atoms with E-state index in [1.807, 2.05) is 0 Å². The summed E-state index contributed by atoms with van der Waals surface area (Å²) in [6.45, 7) is 1.64. The first-order chi connectivity index (χ1) is 11.4. The van der Waals surface area contributed by atoms with Crippen LogP contribution in [0.25, 0.3) is 0 Å². The number of carbonyl (C=O) groups excluding carboxylic acids is 2. The molecule has 2 aromatic rings. The molecule has 0 unspecified atom stereocenters. The van der Waals surface area contributed by atoms with Crippen LogP contribution in [0.5, 0.6) is 0 Å². The van der Waals surface area contributed by atoms with Gasteiger partial charge in [-0.25, -0.2) is 4.39 Å². The van der Waals surface area contributed by atoms with Crippen LogP contribution in [0, 0.1) is 5.82 Å². The highest BCUT2D eigenvalue weighted by atomic mass is 35.5. The largest absolute Gasteiger partial charge is 0.351 e. The highest BCUT2D eigenvalue weighted by Crippen LogP contribution is 2.23. The monoisotopic (exact) mass is 385 g/mol. The van der Waals surface area contributed by atoms with E-state index in [-0.39, 0.29) is 24.0 Å². The standard InChI is InChI=1S/C17H14Cl2FNO2S/c1-10(22)11-3-5-16(15(20)6-11)24-9-17(23)21-8-12-2-4-13(18)7-14(12)19/h2-7H,8-9H2,1H3,(H,21,23). The molecule has 0 saturated heterocycles. The van der Waals surface area contributed by atoms with Crippen LogP contribution in [-0.2, 0) is 11.3 Å². The molecule has 0 spiro atoms. The molecule has 0 aliphatic rings. The van der Waals surface area contributed by atoms with E-state index < -0.39 is 5.82 Å². The first-order valence-electron chi connectivity index (χ1n) is 7.00. The number of benzene rings is 2. The Bertz CT molecular complexity index is 783. The van der Waals surface area contributed by atoms with E-state index in [0.717, 1.165) is 17.3 Å². The molecule has 0 heterocycles. The Morgan fingerprint density at radius 1 is 1.17 bits per heavy atom. The number of ketones is 1. The van der Waals surface area contributed by atoms with Crippen molar-refractivity contribution in [2.24, 2.45) is 0 Å². The SMILES string of the molecule is CC(=O)c1ccc(SCC(=O)NCc2ccc(Cl)cc2Cl)c(F)c1. The quantitative estimate of drug-likeness (QED) is 0.576. The van der Waals surface area contributed by atoms with Gasteiger partial charge < -0.3 is 5.32 Å². The van der Waals surface area contributed by atoms with Gasteiger partial charge in [-0.3, -0.25) is 9.59 Å². The van der Waals surface area contributed by atoms with Gasteiger partial charge in [0, 0.05) is 27.0 Å². The summed E-state index contributed by atoms with van der Waals surface area (Å²) in [4.78, 5) is 23.4. The minimum atomic E-state index is -0.513. The van der Waals surface area contributed by atoms with Gasteiger partial charge in [-0.2, -0.15) is 0 Å². The van der Waals surface area contributed by atoms with Gasteiger partial charge in [0.2, 0.25) is 5.91 Å². The average Bonchev–Trinajstić information content (AvgIpc) is 2.52. The van der Waals surface area contributed by atoms with Crippen LogP contribution < -0.4 is 5.32 Å². The molecule has 0 aliphatic heterocycles. The first kappa shape index (κ1) is 18.8. The summed E-state index contributed by atoms with van der Waals surface area (Å²) in [5.74, 6) is -0.910. The zero-order valence-corrected chi connectivity index (χ0v) is 15.1. The van der Waals surface area contributed by atoms with E-state index in [0.29, 0.717) is 20.5 Å². The van der Waals surface area contributed by atoms with Crippen LogP contribution in [0.15, 0.2) is 41.3 Å². The fraction of sp³-hybridized carbons (Fsp3) is 0.176. The predicted molar refractivity (Wildman–Crippen MR) is 95.4 cm³/mol. The Balaban J connectivity index is 1.88. The Hall–Kier alpha value is -1.56. The molecule has 0 aromatic heterocycles. The van der Waals surface area contributed by atoms with E-state index in [4.69, 9.17) is 23.2 Å². The summed E-state index contributed by atoms with van der Waals surface area (Å²) in [6, 6.07) is 9.24. The fourth-order valence-electron chi connectivity index (χ4n) is 1.89. The van der Waals surface area contributed by atoms with Crippen molar-refractivity contribution in [3.05, 3.63) is 63.4 Å². The van der Waals surface area contributed by atoms with Gasteiger partial charge in [-0.15, -0.1) is 11.8 Å². The molecule has 0 radical (unpaired) electrons. The maximum Gasteiger partial charge on any atom is 0.230 e. The Morgan fingerprint density at radius 3 is 2.54 bits per heavy atom. The van der Waals surface area contributed by atoms with Crippen LogP contribution in [0.4, 0.5) is 4.39 Å². The minimum absolute atomic E-state index is 0.0571. The lowest BCUT2D eigenvalue weighted by Gasteiger charge is -2.08. The molecule has 0 fully saturated rings. The zero-order chi connectivity index (χ0) is 17.7. The lowest BCUT2D eigenvalue weighted by molar-refractivity contribution is -0.118. The van der Waals surface area contributed by atoms with Crippen LogP contribution in [0.2, 0.25) is 10.0 Å². The van der Waals surface area contributed by atoms with Crippen molar-refractivity contribution in [2.45, 2.75) is 18.4 Å². The van der Waals surface area contributed by atoms with Crippen molar-refractivity contribution in [1.29, 1.82) is 0 Å². The molecule has 126 valence electrons. The van der Waals surface area contributed by atoms with E-state index in [1.165, 1.54) is 19.1 Å². The molecular weight excluding hydrogens is 372 g/mol. The summed E-state index contributed by atoms with van der Waals surface area (Å²) in [6.07, 6.45) is 0. The molecule has 0 atom stereocenters. The summed E-state index contributed by atoms with van der Waals surface area (Å²) < 4.78 is 13.9. The van der Waals surface area contributed by atoms with Gasteiger partial charge in [0.1, 0.15) is 5.82 Å². The predicted octanol–water partition coefficient (Wildman–Crippen LogP) is 4.74. The second kappa shape index (κ2) is 8.51. The maximum atomic E-state index is 13.9. The molecule has 0 saturated carbocycles. The van der Waals surface area contributed by atoms with Crippen molar-refractivity contribution in [3.63, 3.8) is 0 Å². The number of Topliss-reactive ketones (excluding diaryl/α,β-unsaturated/α-hetero) is 1. The number of nitrogens with one attached hydrogen (secondary N) is 1. The first-order valence-corrected chi connectivity index (χ1v) is 8.75. The highest BCUT2D eigenvalue weighted by Gasteiger charge is 2.10. The maximum absolute atomic E-state index is 13.9. The van der Waals surface area contributed by atoms with Crippen LogP contribution in [0.3, 0.4) is 0 Å². The molecule has 2 rings (SSSR count). The van der Waals surface area contributed by atoms with Crippen molar-refractivity contribution in [1.82, 2.24) is 5.32 Å². The number of amides is 1. The lowest BCUT2D eigenvalue weighted by Crippen LogP contribution is -2.24. The third-order valence-electron chi connectivity index (χ3n) is 3.19. The minimum Gasteiger partial charge on any atom is -0.351 e. The Labute approximate surface area is 153 Å². The normalized spacial score (nSPS) is 10.5. The lowest BCUT2D eigenvalue weighted by atomic mass is 10.1. The van der Waals surface area contributed by atoms with Crippen LogP contribution >= 0.6 is 35.0 Å². The second-order valence-corrected chi connectivity index (χ2v) is 6.86. The molecule has 24 heavy (non-hydrogen) atoms. The molecule has 0 bridgehead atoms. The number of hydrogen-bond acceptors (Lipinski definition) is 3. The summed E-state index contributed by atoms with van der Waals surface area (Å²) in [5, 5.41) is 3.71. The summed E-state index contributed by atoms with van der Waals surface area (Å²) >= 11 is 12.9. The van der Waals surface area contributed by atoms with Gasteiger partial charge >= 0.3 is 0 Å². The van der Waals surface area contributed by atoms with Crippen molar-refractivity contribution in [2.75, 3.05) is 5.75 Å². The van der Waals surface area contributed by atoms with Crippen molar-refractivity contribution in [3.8, 4) is 0 Å². The van der Waals surface area contributed by atoms with Crippen molar-refractivity contribution >= 4 is 46.7 Å². The zero-order valence-electron chi connectivity index (χ0n) is 12.7.